The van der Waals surface area contributed by atoms with Crippen LogP contribution in [0.2, 0.25) is 0 Å². The van der Waals surface area contributed by atoms with Crippen LogP contribution in [0.5, 0.6) is 0 Å². The summed E-state index contributed by atoms with van der Waals surface area (Å²) in [7, 11) is 0. The fraction of sp³-hybridized carbons (Fsp3) is 1.00. The molecule has 82 valence electrons. The molecule has 0 aromatic heterocycles. The predicted octanol–water partition coefficient (Wildman–Crippen LogP) is 1.66. The van der Waals surface area contributed by atoms with E-state index in [1.54, 1.807) is 0 Å². The summed E-state index contributed by atoms with van der Waals surface area (Å²) in [5.41, 5.74) is 5.98. The highest BCUT2D eigenvalue weighted by molar-refractivity contribution is 4.90. The molecule has 14 heavy (non-hydrogen) atoms. The molecule has 1 heterocycles. The van der Waals surface area contributed by atoms with Crippen molar-refractivity contribution in [1.29, 1.82) is 0 Å². The van der Waals surface area contributed by atoms with E-state index in [2.05, 4.69) is 6.92 Å². The molecule has 1 aliphatic carbocycles. The van der Waals surface area contributed by atoms with Crippen LogP contribution >= 0.6 is 0 Å². The molecule has 1 aliphatic heterocycles. The van der Waals surface area contributed by atoms with Gasteiger partial charge in [0.05, 0.1) is 13.2 Å². The Bertz CT molecular complexity index is 197. The third kappa shape index (κ3) is 1.95. The summed E-state index contributed by atoms with van der Waals surface area (Å²) in [4.78, 5) is 0. The molecule has 0 aromatic carbocycles. The molecule has 2 aliphatic rings. The lowest BCUT2D eigenvalue weighted by Gasteiger charge is -2.42. The Hall–Kier alpha value is -0.120. The Kier molecular flexibility index (Phi) is 2.82. The van der Waals surface area contributed by atoms with Crippen molar-refractivity contribution in [3.05, 3.63) is 0 Å². The largest absolute Gasteiger partial charge is 0.348 e. The normalized spacial score (nSPS) is 36.4. The van der Waals surface area contributed by atoms with Crippen LogP contribution in [-0.2, 0) is 9.47 Å². The number of ether oxygens (including phenoxy) is 2. The van der Waals surface area contributed by atoms with Gasteiger partial charge in [-0.3, -0.25) is 0 Å². The van der Waals surface area contributed by atoms with Crippen molar-refractivity contribution in [2.75, 3.05) is 19.8 Å². The summed E-state index contributed by atoms with van der Waals surface area (Å²) < 4.78 is 11.5. The maximum absolute atomic E-state index is 5.76. The minimum atomic E-state index is -0.248. The second-order valence-corrected chi connectivity index (χ2v) is 4.99. The van der Waals surface area contributed by atoms with E-state index in [0.29, 0.717) is 5.41 Å². The number of hydrogen-bond acceptors (Lipinski definition) is 3. The highest BCUT2D eigenvalue weighted by Gasteiger charge is 2.45. The first-order valence-corrected chi connectivity index (χ1v) is 5.66. The minimum Gasteiger partial charge on any atom is -0.348 e. The summed E-state index contributed by atoms with van der Waals surface area (Å²) in [6.07, 6.45) is 5.64. The molecule has 1 spiro atoms. The second-order valence-electron chi connectivity index (χ2n) is 4.99. The van der Waals surface area contributed by atoms with E-state index in [0.717, 1.165) is 39.0 Å². The zero-order valence-electron chi connectivity index (χ0n) is 9.05. The Morgan fingerprint density at radius 3 is 2.57 bits per heavy atom. The van der Waals surface area contributed by atoms with Gasteiger partial charge in [0, 0.05) is 12.8 Å². The Morgan fingerprint density at radius 2 is 1.93 bits per heavy atom. The lowest BCUT2D eigenvalue weighted by atomic mass is 9.71. The number of hydrogen-bond donors (Lipinski definition) is 1. The highest BCUT2D eigenvalue weighted by atomic mass is 16.7. The van der Waals surface area contributed by atoms with Gasteiger partial charge >= 0.3 is 0 Å². The highest BCUT2D eigenvalue weighted by Crippen LogP contribution is 2.46. The standard InChI is InChI=1S/C11H21NO2/c1-10(5-6-12)3-2-4-11(9-10)13-7-8-14-11/h2-9,12H2,1H3. The molecular weight excluding hydrogens is 178 g/mol. The van der Waals surface area contributed by atoms with Gasteiger partial charge in [0.25, 0.3) is 0 Å². The van der Waals surface area contributed by atoms with E-state index < -0.39 is 0 Å². The summed E-state index contributed by atoms with van der Waals surface area (Å²) in [5.74, 6) is -0.248. The summed E-state index contributed by atoms with van der Waals surface area (Å²) in [6, 6.07) is 0. The van der Waals surface area contributed by atoms with Crippen LogP contribution in [0.1, 0.15) is 39.0 Å². The third-order valence-electron chi connectivity index (χ3n) is 3.60. The SMILES string of the molecule is CC1(CCN)CCCC2(C1)OCCO2. The average Bonchev–Trinajstić information content (AvgIpc) is 2.52. The quantitative estimate of drug-likeness (QED) is 0.735. The monoisotopic (exact) mass is 199 g/mol. The summed E-state index contributed by atoms with van der Waals surface area (Å²) >= 11 is 0. The number of nitrogens with two attached hydrogens (primary N) is 1. The molecule has 3 nitrogen and oxygen atoms in total. The molecule has 0 amide bonds. The maximum Gasteiger partial charge on any atom is 0.169 e. The lowest BCUT2D eigenvalue weighted by Crippen LogP contribution is -2.41. The van der Waals surface area contributed by atoms with Crippen LogP contribution < -0.4 is 5.73 Å². The van der Waals surface area contributed by atoms with Crippen molar-refractivity contribution in [3.63, 3.8) is 0 Å². The lowest BCUT2D eigenvalue weighted by molar-refractivity contribution is -0.200. The predicted molar refractivity (Wildman–Crippen MR) is 54.9 cm³/mol. The fourth-order valence-electron chi connectivity index (χ4n) is 2.92. The molecule has 1 atom stereocenters. The average molecular weight is 199 g/mol. The first-order valence-electron chi connectivity index (χ1n) is 5.66. The molecule has 2 rings (SSSR count). The van der Waals surface area contributed by atoms with Gasteiger partial charge in [0.2, 0.25) is 0 Å². The molecule has 0 radical (unpaired) electrons. The third-order valence-corrected chi connectivity index (χ3v) is 3.60. The Labute approximate surface area is 85.9 Å². The van der Waals surface area contributed by atoms with E-state index in [9.17, 15) is 0 Å². The van der Waals surface area contributed by atoms with Crippen molar-refractivity contribution in [3.8, 4) is 0 Å². The van der Waals surface area contributed by atoms with Crippen LogP contribution in [-0.4, -0.2) is 25.5 Å². The van der Waals surface area contributed by atoms with Crippen molar-refractivity contribution in [2.24, 2.45) is 11.1 Å². The van der Waals surface area contributed by atoms with Crippen molar-refractivity contribution in [2.45, 2.75) is 44.8 Å². The van der Waals surface area contributed by atoms with Crippen LogP contribution in [0.3, 0.4) is 0 Å². The molecule has 3 heteroatoms. The van der Waals surface area contributed by atoms with Gasteiger partial charge in [-0.05, 0) is 31.2 Å². The van der Waals surface area contributed by atoms with Crippen molar-refractivity contribution in [1.82, 2.24) is 0 Å². The van der Waals surface area contributed by atoms with E-state index in [-0.39, 0.29) is 5.79 Å². The van der Waals surface area contributed by atoms with E-state index in [1.807, 2.05) is 0 Å². The van der Waals surface area contributed by atoms with Gasteiger partial charge in [0.1, 0.15) is 0 Å². The van der Waals surface area contributed by atoms with Gasteiger partial charge in [-0.25, -0.2) is 0 Å². The van der Waals surface area contributed by atoms with Crippen molar-refractivity contribution >= 4 is 0 Å². The van der Waals surface area contributed by atoms with Crippen LogP contribution in [0.4, 0.5) is 0 Å². The van der Waals surface area contributed by atoms with E-state index in [4.69, 9.17) is 15.2 Å². The topological polar surface area (TPSA) is 44.5 Å². The van der Waals surface area contributed by atoms with E-state index in [1.165, 1.54) is 12.8 Å². The second kappa shape index (κ2) is 3.80. The van der Waals surface area contributed by atoms with Gasteiger partial charge in [-0.1, -0.05) is 6.92 Å². The Morgan fingerprint density at radius 1 is 1.21 bits per heavy atom. The first-order chi connectivity index (χ1) is 6.68. The van der Waals surface area contributed by atoms with E-state index >= 15 is 0 Å². The zero-order chi connectivity index (χ0) is 10.1. The molecule has 2 fully saturated rings. The number of rotatable bonds is 2. The van der Waals surface area contributed by atoms with Crippen LogP contribution in [0.25, 0.3) is 0 Å². The fourth-order valence-corrected chi connectivity index (χ4v) is 2.92. The van der Waals surface area contributed by atoms with Crippen LogP contribution in [0, 0.1) is 5.41 Å². The molecule has 0 bridgehead atoms. The smallest absolute Gasteiger partial charge is 0.169 e. The van der Waals surface area contributed by atoms with Gasteiger partial charge in [-0.15, -0.1) is 0 Å². The Balaban J connectivity index is 2.02. The summed E-state index contributed by atoms with van der Waals surface area (Å²) in [5, 5.41) is 0. The molecule has 1 unspecified atom stereocenters. The maximum atomic E-state index is 5.76. The van der Waals surface area contributed by atoms with Crippen molar-refractivity contribution < 1.29 is 9.47 Å². The first kappa shape index (κ1) is 10.4. The van der Waals surface area contributed by atoms with Gasteiger partial charge in [0.15, 0.2) is 5.79 Å². The molecule has 1 saturated heterocycles. The molecular formula is C11H21NO2. The molecule has 2 N–H and O–H groups in total. The van der Waals surface area contributed by atoms with Crippen LogP contribution in [0.15, 0.2) is 0 Å². The van der Waals surface area contributed by atoms with Gasteiger partial charge in [-0.2, -0.15) is 0 Å². The minimum absolute atomic E-state index is 0.248. The molecule has 1 saturated carbocycles. The zero-order valence-corrected chi connectivity index (χ0v) is 9.05. The molecule has 0 aromatic rings. The van der Waals surface area contributed by atoms with Gasteiger partial charge < -0.3 is 15.2 Å². The summed E-state index contributed by atoms with van der Waals surface area (Å²) in [6.45, 7) is 4.61.